The number of amides is 3. The van der Waals surface area contributed by atoms with E-state index in [1.807, 2.05) is 0 Å². The third-order valence-electron chi connectivity index (χ3n) is 4.12. The Bertz CT molecular complexity index is 609. The third-order valence-corrected chi connectivity index (χ3v) is 4.12. The number of piperidine rings is 1. The molecule has 1 unspecified atom stereocenters. The molecule has 1 aliphatic rings. The van der Waals surface area contributed by atoms with Gasteiger partial charge in [-0.3, -0.25) is 9.69 Å². The van der Waals surface area contributed by atoms with Crippen molar-refractivity contribution in [1.29, 1.82) is 0 Å². The molecule has 0 aromatic heterocycles. The SMILES string of the molecule is CCN(C(=O)N(C)C1CCC(=O)NC1)c1cccc(C(F)(F)F)c1. The van der Waals surface area contributed by atoms with Gasteiger partial charge in [0.05, 0.1) is 11.6 Å². The normalized spacial score (nSPS) is 18.0. The van der Waals surface area contributed by atoms with Gasteiger partial charge in [0.1, 0.15) is 0 Å². The predicted octanol–water partition coefficient (Wildman–Crippen LogP) is 2.86. The highest BCUT2D eigenvalue weighted by atomic mass is 19.4. The summed E-state index contributed by atoms with van der Waals surface area (Å²) in [5.41, 5.74) is -0.595. The van der Waals surface area contributed by atoms with Crippen LogP contribution in [-0.2, 0) is 11.0 Å². The summed E-state index contributed by atoms with van der Waals surface area (Å²) in [6.07, 6.45) is -3.59. The van der Waals surface area contributed by atoms with Crippen LogP contribution >= 0.6 is 0 Å². The van der Waals surface area contributed by atoms with Gasteiger partial charge in [-0.1, -0.05) is 6.07 Å². The first-order valence-electron chi connectivity index (χ1n) is 7.72. The first-order valence-corrected chi connectivity index (χ1v) is 7.72. The van der Waals surface area contributed by atoms with Crippen LogP contribution in [0.25, 0.3) is 0 Å². The molecule has 1 atom stereocenters. The van der Waals surface area contributed by atoms with Crippen LogP contribution in [0.3, 0.4) is 0 Å². The summed E-state index contributed by atoms with van der Waals surface area (Å²) in [6, 6.07) is 4.15. The molecule has 1 saturated heterocycles. The molecule has 0 bridgehead atoms. The van der Waals surface area contributed by atoms with Crippen molar-refractivity contribution in [2.45, 2.75) is 32.0 Å². The van der Waals surface area contributed by atoms with E-state index < -0.39 is 17.8 Å². The van der Waals surface area contributed by atoms with Gasteiger partial charge in [-0.15, -0.1) is 0 Å². The van der Waals surface area contributed by atoms with Gasteiger partial charge in [0.2, 0.25) is 5.91 Å². The van der Waals surface area contributed by atoms with E-state index in [-0.39, 0.29) is 24.2 Å². The first-order chi connectivity index (χ1) is 11.2. The van der Waals surface area contributed by atoms with Gasteiger partial charge in [0, 0.05) is 32.2 Å². The van der Waals surface area contributed by atoms with Gasteiger partial charge in [0.15, 0.2) is 0 Å². The lowest BCUT2D eigenvalue weighted by Gasteiger charge is -2.35. The zero-order chi connectivity index (χ0) is 17.9. The fourth-order valence-corrected chi connectivity index (χ4v) is 2.68. The van der Waals surface area contributed by atoms with Crippen molar-refractivity contribution in [1.82, 2.24) is 10.2 Å². The Morgan fingerprint density at radius 3 is 2.62 bits per heavy atom. The molecule has 2 rings (SSSR count). The number of carbonyl (C=O) groups is 2. The number of anilines is 1. The van der Waals surface area contributed by atoms with Gasteiger partial charge >= 0.3 is 12.2 Å². The van der Waals surface area contributed by atoms with E-state index in [9.17, 15) is 22.8 Å². The van der Waals surface area contributed by atoms with E-state index >= 15 is 0 Å². The monoisotopic (exact) mass is 343 g/mol. The maximum Gasteiger partial charge on any atom is 0.416 e. The molecule has 0 aliphatic carbocycles. The van der Waals surface area contributed by atoms with Crippen molar-refractivity contribution in [3.05, 3.63) is 29.8 Å². The number of carbonyl (C=O) groups excluding carboxylic acids is 2. The Kier molecular flexibility index (Phi) is 5.36. The standard InChI is InChI=1S/C16H20F3N3O2/c1-3-22(12-6-4-5-11(9-12)16(17,18)19)15(24)21(2)13-7-8-14(23)20-10-13/h4-6,9,13H,3,7-8,10H2,1-2H3,(H,20,23). The molecule has 5 nitrogen and oxygen atoms in total. The number of urea groups is 1. The number of alkyl halides is 3. The van der Waals surface area contributed by atoms with Crippen LogP contribution in [0.15, 0.2) is 24.3 Å². The van der Waals surface area contributed by atoms with Gasteiger partial charge in [-0.2, -0.15) is 13.2 Å². The molecule has 3 amide bonds. The summed E-state index contributed by atoms with van der Waals surface area (Å²) in [7, 11) is 1.60. The van der Waals surface area contributed by atoms with Crippen molar-refractivity contribution in [2.75, 3.05) is 25.0 Å². The summed E-state index contributed by atoms with van der Waals surface area (Å²) in [5, 5.41) is 2.69. The zero-order valence-electron chi connectivity index (χ0n) is 13.6. The van der Waals surface area contributed by atoms with Crippen molar-refractivity contribution >= 4 is 17.6 Å². The average Bonchev–Trinajstić information content (AvgIpc) is 2.55. The molecule has 1 heterocycles. The van der Waals surface area contributed by atoms with Crippen molar-refractivity contribution < 1.29 is 22.8 Å². The molecule has 24 heavy (non-hydrogen) atoms. The summed E-state index contributed by atoms with van der Waals surface area (Å²) in [5.74, 6) is -0.0580. The Balaban J connectivity index is 2.18. The molecule has 1 fully saturated rings. The van der Waals surface area contributed by atoms with Gasteiger partial charge in [0.25, 0.3) is 0 Å². The van der Waals surface area contributed by atoms with E-state index in [1.54, 1.807) is 14.0 Å². The van der Waals surface area contributed by atoms with Crippen LogP contribution in [-0.4, -0.2) is 43.0 Å². The third kappa shape index (κ3) is 3.98. The number of likely N-dealkylation sites (N-methyl/N-ethyl adjacent to an activating group) is 1. The van der Waals surface area contributed by atoms with E-state index in [2.05, 4.69) is 5.32 Å². The molecule has 0 spiro atoms. The van der Waals surface area contributed by atoms with Gasteiger partial charge in [-0.25, -0.2) is 4.79 Å². The van der Waals surface area contributed by atoms with Crippen molar-refractivity contribution in [3.8, 4) is 0 Å². The number of benzene rings is 1. The summed E-state index contributed by atoms with van der Waals surface area (Å²) in [4.78, 5) is 26.7. The van der Waals surface area contributed by atoms with Crippen LogP contribution in [0.4, 0.5) is 23.7 Å². The molecule has 1 N–H and O–H groups in total. The largest absolute Gasteiger partial charge is 0.416 e. The lowest BCUT2D eigenvalue weighted by Crippen LogP contribution is -2.52. The van der Waals surface area contributed by atoms with Crippen molar-refractivity contribution in [3.63, 3.8) is 0 Å². The molecular formula is C16H20F3N3O2. The van der Waals surface area contributed by atoms with Gasteiger partial charge < -0.3 is 10.2 Å². The predicted molar refractivity (Wildman–Crippen MR) is 83.7 cm³/mol. The zero-order valence-corrected chi connectivity index (χ0v) is 13.6. The summed E-state index contributed by atoms with van der Waals surface area (Å²) < 4.78 is 38.6. The van der Waals surface area contributed by atoms with Crippen molar-refractivity contribution in [2.24, 2.45) is 0 Å². The number of nitrogens with zero attached hydrogens (tertiary/aromatic N) is 2. The highest BCUT2D eigenvalue weighted by molar-refractivity contribution is 5.92. The molecule has 8 heteroatoms. The minimum atomic E-state index is -4.46. The molecular weight excluding hydrogens is 323 g/mol. The fourth-order valence-electron chi connectivity index (χ4n) is 2.68. The van der Waals surface area contributed by atoms with E-state index in [0.717, 1.165) is 12.1 Å². The average molecular weight is 343 g/mol. The van der Waals surface area contributed by atoms with E-state index in [0.29, 0.717) is 19.4 Å². The van der Waals surface area contributed by atoms with E-state index in [4.69, 9.17) is 0 Å². The lowest BCUT2D eigenvalue weighted by atomic mass is 10.1. The Hall–Kier alpha value is -2.25. The highest BCUT2D eigenvalue weighted by Crippen LogP contribution is 2.32. The van der Waals surface area contributed by atoms with Crippen LogP contribution in [0.5, 0.6) is 0 Å². The Morgan fingerprint density at radius 1 is 1.38 bits per heavy atom. The Labute approximate surface area is 138 Å². The minimum absolute atomic E-state index is 0.0580. The van der Waals surface area contributed by atoms with Crippen LogP contribution < -0.4 is 10.2 Å². The summed E-state index contributed by atoms with van der Waals surface area (Å²) in [6.45, 7) is 2.29. The number of hydrogen-bond donors (Lipinski definition) is 1. The lowest BCUT2D eigenvalue weighted by molar-refractivity contribution is -0.137. The smallest absolute Gasteiger partial charge is 0.354 e. The molecule has 0 saturated carbocycles. The number of rotatable bonds is 3. The highest BCUT2D eigenvalue weighted by Gasteiger charge is 2.32. The second-order valence-corrected chi connectivity index (χ2v) is 5.68. The quantitative estimate of drug-likeness (QED) is 0.918. The van der Waals surface area contributed by atoms with E-state index in [1.165, 1.54) is 21.9 Å². The number of nitrogens with one attached hydrogen (secondary N) is 1. The number of halogens is 3. The first kappa shape index (κ1) is 18.1. The maximum atomic E-state index is 12.9. The second-order valence-electron chi connectivity index (χ2n) is 5.68. The topological polar surface area (TPSA) is 52.7 Å². The van der Waals surface area contributed by atoms with Crippen LogP contribution in [0.2, 0.25) is 0 Å². The fraction of sp³-hybridized carbons (Fsp3) is 0.500. The van der Waals surface area contributed by atoms with Gasteiger partial charge in [-0.05, 0) is 31.5 Å². The molecule has 0 radical (unpaired) electrons. The van der Waals surface area contributed by atoms with Crippen LogP contribution in [0.1, 0.15) is 25.3 Å². The molecule has 1 aromatic rings. The molecule has 1 aliphatic heterocycles. The van der Waals surface area contributed by atoms with Crippen LogP contribution in [0, 0.1) is 0 Å². The molecule has 1 aromatic carbocycles. The minimum Gasteiger partial charge on any atom is -0.354 e. The maximum absolute atomic E-state index is 12.9. The number of hydrogen-bond acceptors (Lipinski definition) is 2. The molecule has 132 valence electrons. The Morgan fingerprint density at radius 2 is 2.08 bits per heavy atom. The second kappa shape index (κ2) is 7.11. The summed E-state index contributed by atoms with van der Waals surface area (Å²) >= 11 is 0.